The zero-order chi connectivity index (χ0) is 25.2. The molecule has 0 radical (unpaired) electrons. The highest BCUT2D eigenvalue weighted by Gasteiger charge is 2.30. The van der Waals surface area contributed by atoms with Crippen LogP contribution in [0.2, 0.25) is 0 Å². The van der Waals surface area contributed by atoms with Gasteiger partial charge in [0.2, 0.25) is 5.43 Å². The summed E-state index contributed by atoms with van der Waals surface area (Å²) in [6.45, 7) is 0.0759. The van der Waals surface area contributed by atoms with E-state index in [-0.39, 0.29) is 33.6 Å². The first-order chi connectivity index (χ1) is 16.5. The lowest BCUT2D eigenvalue weighted by Gasteiger charge is -2.12. The second-order valence-electron chi connectivity index (χ2n) is 7.43. The number of H-pyrrole nitrogens is 1. The topological polar surface area (TPSA) is 121 Å². The Labute approximate surface area is 196 Å². The molecule has 8 nitrogen and oxygen atoms in total. The van der Waals surface area contributed by atoms with Crippen molar-refractivity contribution in [3.63, 3.8) is 0 Å². The van der Waals surface area contributed by atoms with Gasteiger partial charge in [-0.3, -0.25) is 19.3 Å². The Kier molecular flexibility index (Phi) is 6.31. The summed E-state index contributed by atoms with van der Waals surface area (Å²) in [5, 5.41) is 2.49. The van der Waals surface area contributed by atoms with Crippen LogP contribution >= 0.6 is 0 Å². The number of aromatic amines is 1. The Balaban J connectivity index is 1.62. The molecule has 0 saturated carbocycles. The van der Waals surface area contributed by atoms with Gasteiger partial charge in [-0.2, -0.15) is 13.2 Å². The molecule has 0 aliphatic rings. The summed E-state index contributed by atoms with van der Waals surface area (Å²) in [4.78, 5) is 32.0. The van der Waals surface area contributed by atoms with Crippen LogP contribution < -0.4 is 15.5 Å². The van der Waals surface area contributed by atoms with Crippen molar-refractivity contribution in [2.24, 2.45) is 0 Å². The maximum Gasteiger partial charge on any atom is 0.416 e. The molecule has 180 valence electrons. The molecule has 35 heavy (non-hydrogen) atoms. The van der Waals surface area contributed by atoms with E-state index in [1.807, 2.05) is 0 Å². The van der Waals surface area contributed by atoms with Gasteiger partial charge < -0.3 is 10.3 Å². The number of sulfonamides is 1. The Morgan fingerprint density at radius 3 is 2.54 bits per heavy atom. The molecule has 12 heteroatoms. The summed E-state index contributed by atoms with van der Waals surface area (Å²) in [5.41, 5.74) is -1.42. The smallest absolute Gasteiger partial charge is 0.360 e. The molecular formula is C23H17F3N4O4S. The van der Waals surface area contributed by atoms with Gasteiger partial charge in [-0.05, 0) is 48.5 Å². The highest BCUT2D eigenvalue weighted by Crippen LogP contribution is 2.31. The van der Waals surface area contributed by atoms with Gasteiger partial charge in [-0.25, -0.2) is 8.42 Å². The summed E-state index contributed by atoms with van der Waals surface area (Å²) >= 11 is 0. The molecule has 0 saturated heterocycles. The number of benzene rings is 2. The van der Waals surface area contributed by atoms with Gasteiger partial charge >= 0.3 is 6.18 Å². The Hall–Kier alpha value is -4.19. The summed E-state index contributed by atoms with van der Waals surface area (Å²) < 4.78 is 66.5. The van der Waals surface area contributed by atoms with Crippen molar-refractivity contribution in [3.05, 3.63) is 100 Å². The van der Waals surface area contributed by atoms with Gasteiger partial charge in [0.05, 0.1) is 22.7 Å². The van der Waals surface area contributed by atoms with Crippen LogP contribution in [0.3, 0.4) is 0 Å². The van der Waals surface area contributed by atoms with E-state index in [1.165, 1.54) is 24.4 Å². The number of anilines is 1. The van der Waals surface area contributed by atoms with Gasteiger partial charge in [0.25, 0.3) is 15.9 Å². The monoisotopic (exact) mass is 502 g/mol. The van der Waals surface area contributed by atoms with Gasteiger partial charge in [-0.1, -0.05) is 12.1 Å². The summed E-state index contributed by atoms with van der Waals surface area (Å²) in [6, 6.07) is 12.4. The summed E-state index contributed by atoms with van der Waals surface area (Å²) in [7, 11) is -4.34. The molecule has 0 aliphatic heterocycles. The molecule has 4 aromatic rings. The van der Waals surface area contributed by atoms with Gasteiger partial charge in [-0.15, -0.1) is 0 Å². The normalized spacial score (nSPS) is 11.9. The minimum atomic E-state index is -4.65. The van der Waals surface area contributed by atoms with Crippen LogP contribution in [0.25, 0.3) is 10.9 Å². The minimum absolute atomic E-state index is 0.0759. The van der Waals surface area contributed by atoms with Gasteiger partial charge in [0.1, 0.15) is 5.56 Å². The van der Waals surface area contributed by atoms with Crippen LogP contribution in [0, 0.1) is 0 Å². The lowest BCUT2D eigenvalue weighted by molar-refractivity contribution is -0.137. The standard InChI is InChI=1S/C23H17F3N4O4S/c24-23(25,26)14-4-3-6-15(10-14)30-35(33,34)17-7-8-20-18(11-17)21(31)19(13-28-20)22(32)29-12-16-5-1-2-9-27-16/h1-11,13,30H,12H2,(H,28,31)(H,29,32). The zero-order valence-electron chi connectivity index (χ0n) is 17.8. The van der Waals surface area contributed by atoms with Crippen molar-refractivity contribution in [1.82, 2.24) is 15.3 Å². The number of halogens is 3. The zero-order valence-corrected chi connectivity index (χ0v) is 18.6. The van der Waals surface area contributed by atoms with Gasteiger partial charge in [0, 0.05) is 29.0 Å². The van der Waals surface area contributed by atoms with E-state index in [0.717, 1.165) is 18.2 Å². The van der Waals surface area contributed by atoms with Crippen LogP contribution in [0.15, 0.2) is 82.7 Å². The second-order valence-corrected chi connectivity index (χ2v) is 9.11. The fourth-order valence-electron chi connectivity index (χ4n) is 3.28. The van der Waals surface area contributed by atoms with Crippen molar-refractivity contribution < 1.29 is 26.4 Å². The Bertz CT molecular complexity index is 1570. The number of hydrogen-bond acceptors (Lipinski definition) is 5. The van der Waals surface area contributed by atoms with E-state index in [2.05, 4.69) is 20.0 Å². The molecular weight excluding hydrogens is 485 g/mol. The maximum absolute atomic E-state index is 12.9. The second kappa shape index (κ2) is 9.22. The predicted molar refractivity (Wildman–Crippen MR) is 122 cm³/mol. The summed E-state index contributed by atoms with van der Waals surface area (Å²) in [6.07, 6.45) is -1.88. The van der Waals surface area contributed by atoms with Crippen molar-refractivity contribution in [3.8, 4) is 0 Å². The number of hydrogen-bond donors (Lipinski definition) is 3. The number of nitrogens with one attached hydrogen (secondary N) is 3. The van der Waals surface area contributed by atoms with Crippen LogP contribution in [-0.2, 0) is 22.7 Å². The Morgan fingerprint density at radius 1 is 1.03 bits per heavy atom. The van der Waals surface area contributed by atoms with Crippen molar-refractivity contribution in [1.29, 1.82) is 0 Å². The molecule has 0 aliphatic carbocycles. The first kappa shape index (κ1) is 24.0. The number of aromatic nitrogens is 2. The van der Waals surface area contributed by atoms with Crippen LogP contribution in [-0.4, -0.2) is 24.3 Å². The number of rotatable bonds is 6. The minimum Gasteiger partial charge on any atom is -0.360 e. The van der Waals surface area contributed by atoms with E-state index in [9.17, 15) is 31.2 Å². The van der Waals surface area contributed by atoms with E-state index in [1.54, 1.807) is 24.4 Å². The predicted octanol–water partition coefficient (Wildman–Crippen LogP) is 3.67. The molecule has 0 fully saturated rings. The fraction of sp³-hybridized carbons (Fsp3) is 0.0870. The van der Waals surface area contributed by atoms with Crippen molar-refractivity contribution >= 4 is 32.5 Å². The van der Waals surface area contributed by atoms with E-state index < -0.39 is 33.1 Å². The number of fused-ring (bicyclic) bond motifs is 1. The molecule has 2 aromatic heterocycles. The SMILES string of the molecule is O=C(NCc1ccccn1)c1c[nH]c2ccc(S(=O)(=O)Nc3cccc(C(F)(F)F)c3)cc2c1=O. The Morgan fingerprint density at radius 2 is 1.83 bits per heavy atom. The highest BCUT2D eigenvalue weighted by atomic mass is 32.2. The molecule has 0 unspecified atom stereocenters. The molecule has 3 N–H and O–H groups in total. The van der Waals surface area contributed by atoms with E-state index in [4.69, 9.17) is 0 Å². The first-order valence-corrected chi connectivity index (χ1v) is 11.6. The molecule has 4 rings (SSSR count). The van der Waals surface area contributed by atoms with E-state index >= 15 is 0 Å². The molecule has 0 atom stereocenters. The average molecular weight is 502 g/mol. The molecule has 2 heterocycles. The first-order valence-electron chi connectivity index (χ1n) is 10.1. The number of amides is 1. The molecule has 2 aromatic carbocycles. The van der Waals surface area contributed by atoms with Crippen LogP contribution in [0.1, 0.15) is 21.6 Å². The molecule has 1 amide bonds. The van der Waals surface area contributed by atoms with Gasteiger partial charge in [0.15, 0.2) is 0 Å². The van der Waals surface area contributed by atoms with Crippen molar-refractivity contribution in [2.75, 3.05) is 4.72 Å². The number of alkyl halides is 3. The third kappa shape index (κ3) is 5.32. The quantitative estimate of drug-likeness (QED) is 0.372. The number of nitrogens with zero attached hydrogens (tertiary/aromatic N) is 1. The number of pyridine rings is 2. The fourth-order valence-corrected chi connectivity index (χ4v) is 4.35. The highest BCUT2D eigenvalue weighted by molar-refractivity contribution is 7.92. The van der Waals surface area contributed by atoms with Crippen molar-refractivity contribution in [2.45, 2.75) is 17.6 Å². The average Bonchev–Trinajstić information content (AvgIpc) is 2.82. The molecule has 0 bridgehead atoms. The van der Waals surface area contributed by atoms with Crippen LogP contribution in [0.4, 0.5) is 18.9 Å². The lowest BCUT2D eigenvalue weighted by atomic mass is 10.1. The largest absolute Gasteiger partial charge is 0.416 e. The lowest BCUT2D eigenvalue weighted by Crippen LogP contribution is -2.28. The number of carbonyl (C=O) groups excluding carboxylic acids is 1. The number of carbonyl (C=O) groups is 1. The van der Waals surface area contributed by atoms with E-state index in [0.29, 0.717) is 11.8 Å². The third-order valence-corrected chi connectivity index (χ3v) is 6.38. The maximum atomic E-state index is 12.9. The van der Waals surface area contributed by atoms with Crippen LogP contribution in [0.5, 0.6) is 0 Å². The third-order valence-electron chi connectivity index (χ3n) is 5.01. The molecule has 0 spiro atoms. The summed E-state index contributed by atoms with van der Waals surface area (Å²) in [5.74, 6) is -0.686.